The molecule has 0 spiro atoms. The number of benzene rings is 2. The Labute approximate surface area is 165 Å². The van der Waals surface area contributed by atoms with Crippen molar-refractivity contribution < 1.29 is 4.74 Å². The molecule has 1 atom stereocenters. The van der Waals surface area contributed by atoms with Gasteiger partial charge in [0.25, 0.3) is 0 Å². The maximum absolute atomic E-state index is 6.33. The second-order valence-corrected chi connectivity index (χ2v) is 7.39. The fourth-order valence-electron chi connectivity index (χ4n) is 2.88. The third-order valence-corrected chi connectivity index (χ3v) is 6.07. The van der Waals surface area contributed by atoms with Gasteiger partial charge in [-0.3, -0.25) is 0 Å². The third kappa shape index (κ3) is 3.62. The molecule has 0 aliphatic rings. The van der Waals surface area contributed by atoms with Gasteiger partial charge in [0, 0.05) is 12.4 Å². The molecule has 132 valence electrons. The van der Waals surface area contributed by atoms with Gasteiger partial charge in [-0.05, 0) is 27.9 Å². The Bertz CT molecular complexity index is 1010. The highest BCUT2D eigenvalue weighted by molar-refractivity contribution is 7.07. The monoisotopic (exact) mass is 403 g/mol. The van der Waals surface area contributed by atoms with E-state index in [0.29, 0.717) is 23.3 Å². The van der Waals surface area contributed by atoms with E-state index in [1.807, 2.05) is 29.0 Å². The maximum Gasteiger partial charge on any atom is 0.161 e. The van der Waals surface area contributed by atoms with Crippen LogP contribution >= 0.6 is 34.7 Å². The molecule has 0 amide bonds. The molecule has 4 rings (SSSR count). The summed E-state index contributed by atoms with van der Waals surface area (Å²) < 4.78 is 12.4. The van der Waals surface area contributed by atoms with Crippen molar-refractivity contribution in [3.05, 3.63) is 81.8 Å². The van der Waals surface area contributed by atoms with Crippen molar-refractivity contribution in [2.75, 3.05) is 0 Å². The lowest BCUT2D eigenvalue weighted by molar-refractivity contribution is 0.0310. The van der Waals surface area contributed by atoms with E-state index in [1.54, 1.807) is 12.5 Å². The highest BCUT2D eigenvalue weighted by atomic mass is 35.5. The first kappa shape index (κ1) is 17.5. The third-order valence-electron chi connectivity index (χ3n) is 4.17. The molecule has 0 aliphatic carbocycles. The number of rotatable bonds is 6. The number of aromatic nitrogens is 3. The molecule has 2 heterocycles. The zero-order valence-electron chi connectivity index (χ0n) is 13.7. The van der Waals surface area contributed by atoms with Crippen molar-refractivity contribution in [3.8, 4) is 0 Å². The van der Waals surface area contributed by atoms with E-state index in [1.165, 1.54) is 22.3 Å². The van der Waals surface area contributed by atoms with Crippen LogP contribution in [0.25, 0.3) is 10.8 Å². The Balaban J connectivity index is 1.61. The molecule has 0 fully saturated rings. The number of imidazole rings is 1. The predicted molar refractivity (Wildman–Crippen MR) is 106 cm³/mol. The fourth-order valence-corrected chi connectivity index (χ4v) is 4.16. The van der Waals surface area contributed by atoms with Crippen molar-refractivity contribution in [1.29, 1.82) is 0 Å². The highest BCUT2D eigenvalue weighted by Crippen LogP contribution is 2.36. The van der Waals surface area contributed by atoms with E-state index in [9.17, 15) is 0 Å². The van der Waals surface area contributed by atoms with Crippen LogP contribution in [-0.4, -0.2) is 13.9 Å². The molecule has 0 aliphatic heterocycles. The Morgan fingerprint density at radius 3 is 2.73 bits per heavy atom. The van der Waals surface area contributed by atoms with Gasteiger partial charge in [-0.2, -0.15) is 4.37 Å². The van der Waals surface area contributed by atoms with Gasteiger partial charge in [-0.15, -0.1) is 0 Å². The van der Waals surface area contributed by atoms with E-state index in [2.05, 4.69) is 33.6 Å². The lowest BCUT2D eigenvalue weighted by Crippen LogP contribution is -2.11. The standard InChI is InChI=1S/C19H15Cl2N3OS/c20-17-18(26-23-19(17)21)16(10-24-9-8-22-12-24)25-11-14-6-3-5-13-4-1-2-7-15(13)14/h1-9,12,16H,10-11H2. The predicted octanol–water partition coefficient (Wildman–Crippen LogP) is 5.76. The Morgan fingerprint density at radius 1 is 1.12 bits per heavy atom. The molecule has 7 heteroatoms. The molecule has 2 aromatic heterocycles. The Kier molecular flexibility index (Phi) is 5.22. The molecule has 2 aromatic carbocycles. The van der Waals surface area contributed by atoms with E-state index in [0.717, 1.165) is 10.4 Å². The first-order valence-corrected chi connectivity index (χ1v) is 9.60. The summed E-state index contributed by atoms with van der Waals surface area (Å²) in [5, 5.41) is 3.15. The normalized spacial score (nSPS) is 12.5. The molecule has 1 unspecified atom stereocenters. The maximum atomic E-state index is 6.33. The quantitative estimate of drug-likeness (QED) is 0.410. The van der Waals surface area contributed by atoms with E-state index in [4.69, 9.17) is 27.9 Å². The topological polar surface area (TPSA) is 39.9 Å². The number of fused-ring (bicyclic) bond motifs is 1. The number of nitrogens with zero attached hydrogens (tertiary/aromatic N) is 3. The largest absolute Gasteiger partial charge is 0.366 e. The van der Waals surface area contributed by atoms with E-state index < -0.39 is 0 Å². The molecular formula is C19H15Cl2N3OS. The summed E-state index contributed by atoms with van der Waals surface area (Å²) in [5.74, 6) is 0. The summed E-state index contributed by atoms with van der Waals surface area (Å²) in [4.78, 5) is 4.92. The summed E-state index contributed by atoms with van der Waals surface area (Å²) in [7, 11) is 0. The average molecular weight is 404 g/mol. The van der Waals surface area contributed by atoms with Crippen LogP contribution in [0.15, 0.2) is 61.2 Å². The molecule has 0 saturated heterocycles. The summed E-state index contributed by atoms with van der Waals surface area (Å²) >= 11 is 13.6. The smallest absolute Gasteiger partial charge is 0.161 e. The average Bonchev–Trinajstić information content (AvgIpc) is 3.29. The molecule has 0 saturated carbocycles. The van der Waals surface area contributed by atoms with Gasteiger partial charge in [0.1, 0.15) is 6.10 Å². The fraction of sp³-hybridized carbons (Fsp3) is 0.158. The van der Waals surface area contributed by atoms with Gasteiger partial charge < -0.3 is 9.30 Å². The zero-order valence-corrected chi connectivity index (χ0v) is 16.0. The van der Waals surface area contributed by atoms with Crippen LogP contribution in [0.5, 0.6) is 0 Å². The lowest BCUT2D eigenvalue weighted by Gasteiger charge is -2.18. The molecule has 4 nitrogen and oxygen atoms in total. The number of hydrogen-bond donors (Lipinski definition) is 0. The zero-order chi connectivity index (χ0) is 17.9. The van der Waals surface area contributed by atoms with Crippen molar-refractivity contribution in [1.82, 2.24) is 13.9 Å². The van der Waals surface area contributed by atoms with Gasteiger partial charge in [-0.1, -0.05) is 65.7 Å². The summed E-state index contributed by atoms with van der Waals surface area (Å²) in [6.45, 7) is 1.05. The molecule has 0 radical (unpaired) electrons. The Hall–Kier alpha value is -1.92. The van der Waals surface area contributed by atoms with Crippen LogP contribution in [0.3, 0.4) is 0 Å². The second-order valence-electron chi connectivity index (χ2n) is 5.85. The number of hydrogen-bond acceptors (Lipinski definition) is 4. The summed E-state index contributed by atoms with van der Waals surface area (Å²) in [6.07, 6.45) is 5.12. The van der Waals surface area contributed by atoms with E-state index in [-0.39, 0.29) is 6.10 Å². The van der Waals surface area contributed by atoms with Gasteiger partial charge in [0.2, 0.25) is 0 Å². The first-order valence-electron chi connectivity index (χ1n) is 8.07. The summed E-state index contributed by atoms with van der Waals surface area (Å²) in [5.41, 5.74) is 1.13. The minimum atomic E-state index is -0.263. The minimum Gasteiger partial charge on any atom is -0.366 e. The van der Waals surface area contributed by atoms with Crippen molar-refractivity contribution in [3.63, 3.8) is 0 Å². The molecule has 26 heavy (non-hydrogen) atoms. The lowest BCUT2D eigenvalue weighted by atomic mass is 10.1. The second kappa shape index (κ2) is 7.76. The molecular weight excluding hydrogens is 389 g/mol. The molecule has 0 bridgehead atoms. The minimum absolute atomic E-state index is 0.263. The number of ether oxygens (including phenoxy) is 1. The van der Waals surface area contributed by atoms with Crippen molar-refractivity contribution in [2.45, 2.75) is 19.3 Å². The van der Waals surface area contributed by atoms with Crippen LogP contribution in [0, 0.1) is 0 Å². The van der Waals surface area contributed by atoms with E-state index >= 15 is 0 Å². The van der Waals surface area contributed by atoms with Gasteiger partial charge in [-0.25, -0.2) is 4.98 Å². The summed E-state index contributed by atoms with van der Waals surface area (Å²) in [6, 6.07) is 14.5. The molecule has 0 N–H and O–H groups in total. The van der Waals surface area contributed by atoms with Crippen LogP contribution in [0.1, 0.15) is 16.5 Å². The van der Waals surface area contributed by atoms with Gasteiger partial charge in [0.05, 0.1) is 29.4 Å². The van der Waals surface area contributed by atoms with Gasteiger partial charge >= 0.3 is 0 Å². The number of halogens is 2. The molecule has 4 aromatic rings. The Morgan fingerprint density at radius 2 is 1.96 bits per heavy atom. The van der Waals surface area contributed by atoms with Gasteiger partial charge in [0.15, 0.2) is 5.15 Å². The SMILES string of the molecule is Clc1nsc(C(Cn2ccnc2)OCc2cccc3ccccc23)c1Cl. The highest BCUT2D eigenvalue weighted by Gasteiger charge is 2.22. The van der Waals surface area contributed by atoms with Crippen molar-refractivity contribution in [2.24, 2.45) is 0 Å². The first-order chi connectivity index (χ1) is 12.7. The van der Waals surface area contributed by atoms with Crippen LogP contribution in [0.2, 0.25) is 10.2 Å². The van der Waals surface area contributed by atoms with Crippen molar-refractivity contribution >= 4 is 45.5 Å². The van der Waals surface area contributed by atoms with Crippen LogP contribution in [0.4, 0.5) is 0 Å². The van der Waals surface area contributed by atoms with Crippen LogP contribution in [-0.2, 0) is 17.9 Å². The van der Waals surface area contributed by atoms with Crippen LogP contribution < -0.4 is 0 Å².